The van der Waals surface area contributed by atoms with Crippen LogP contribution >= 0.6 is 0 Å². The van der Waals surface area contributed by atoms with Crippen LogP contribution in [0.4, 0.5) is 13.2 Å². The van der Waals surface area contributed by atoms with Crippen molar-refractivity contribution in [1.29, 1.82) is 0 Å². The Bertz CT molecular complexity index is 1440. The molecule has 0 N–H and O–H groups in total. The minimum Gasteiger partial charge on any atom is -0.458 e. The molecule has 0 aliphatic rings. The van der Waals surface area contributed by atoms with Crippen molar-refractivity contribution in [2.45, 2.75) is 270 Å². The molecular weight excluding hydrogens is 1130 g/mol. The third-order valence-corrected chi connectivity index (χ3v) is 97.6. The molecule has 0 spiro atoms. The normalized spacial score (nSPS) is 13.1. The summed E-state index contributed by atoms with van der Waals surface area (Å²) in [5, 5.41) is 0. The van der Waals surface area contributed by atoms with Gasteiger partial charge in [0.1, 0.15) is 0 Å². The van der Waals surface area contributed by atoms with Crippen LogP contribution in [0.5, 0.6) is 0 Å². The van der Waals surface area contributed by atoms with E-state index in [1.54, 1.807) is 12.2 Å². The van der Waals surface area contributed by atoms with Gasteiger partial charge in [-0.3, -0.25) is 0 Å². The summed E-state index contributed by atoms with van der Waals surface area (Å²) in [6.45, 7) is 83.9. The van der Waals surface area contributed by atoms with Gasteiger partial charge in [0.05, 0.1) is 30.4 Å². The smallest absolute Gasteiger partial charge is 0.389 e. The molecule has 1 atom stereocenters. The number of alkyl halides is 3. The Balaban J connectivity index is -0.0000000522. The first kappa shape index (κ1) is 109. The van der Waals surface area contributed by atoms with Crippen LogP contribution in [0.3, 0.4) is 0 Å². The Labute approximate surface area is 477 Å². The van der Waals surface area contributed by atoms with E-state index in [1.807, 2.05) is 30.2 Å². The summed E-state index contributed by atoms with van der Waals surface area (Å²) in [7, 11) is -22.0. The first-order valence-corrected chi connectivity index (χ1v) is 65.8. The van der Waals surface area contributed by atoms with E-state index in [0.29, 0.717) is 0 Å². The minimum atomic E-state index is -4.20. The molecule has 0 aliphatic carbocycles. The van der Waals surface area contributed by atoms with Crippen molar-refractivity contribution in [2.75, 3.05) is 0 Å². The van der Waals surface area contributed by atoms with Crippen molar-refractivity contribution in [1.82, 2.24) is 0 Å². The third-order valence-electron chi connectivity index (χ3n) is 12.9. The first-order valence-electron chi connectivity index (χ1n) is 22.5. The van der Waals surface area contributed by atoms with Gasteiger partial charge in [-0.1, -0.05) is 150 Å². The fraction of sp³-hybridized carbons (Fsp3) is 0.769. The SMILES string of the molecule is C.C.C.C.C.C.C.C.C.C.C=C[Si](C)(C)O[Si](C)(C)[Si](C)(C)C=C.C=C[Si](C)(C)O[Si](C)(C)[Si](C)(C)C=C.C=C[Si](C)(C)O[Si](C)(CCC(F)(F)F)O[Si](C)(C)[Si](C)(C)C=C.C[Si](C)(C)O[Si](C)(C)[Si](C)(C)C. The minimum absolute atomic E-state index is 0. The van der Waals surface area contributed by atoms with Crippen LogP contribution in [0.2, 0.25) is 183 Å². The van der Waals surface area contributed by atoms with E-state index < -0.39 is 116 Å². The van der Waals surface area contributed by atoms with Crippen LogP contribution in [0, 0.1) is 0 Å². The Morgan fingerprint density at radius 1 is 0.315 bits per heavy atom. The van der Waals surface area contributed by atoms with Gasteiger partial charge in [-0.25, -0.2) is 0 Å². The van der Waals surface area contributed by atoms with Crippen LogP contribution in [0.25, 0.3) is 0 Å². The molecule has 0 radical (unpaired) electrons. The van der Waals surface area contributed by atoms with Crippen LogP contribution in [0.1, 0.15) is 80.7 Å². The Hall–Kier alpha value is 0.849. The van der Waals surface area contributed by atoms with Crippen LogP contribution < -0.4 is 0 Å². The maximum absolute atomic E-state index is 12.7. The molecule has 0 aliphatic heterocycles. The molecule has 0 fully saturated rings. The molecule has 0 rings (SSSR count). The predicted octanol–water partition coefficient (Wildman–Crippen LogP) is 22.8. The lowest BCUT2D eigenvalue weighted by Crippen LogP contribution is -2.63. The highest BCUT2D eigenvalue weighted by atomic mass is 29.3. The summed E-state index contributed by atoms with van der Waals surface area (Å²) in [6.07, 6.45) is -5.06. The van der Waals surface area contributed by atoms with Crippen LogP contribution in [0.15, 0.2) is 73.7 Å². The average molecular weight is 1270 g/mol. The lowest BCUT2D eigenvalue weighted by Gasteiger charge is -2.44. The van der Waals surface area contributed by atoms with E-state index in [-0.39, 0.29) is 80.3 Å². The van der Waals surface area contributed by atoms with E-state index >= 15 is 0 Å². The molecule has 0 amide bonds. The van der Waals surface area contributed by atoms with Gasteiger partial charge in [-0.05, 0) is 124 Å². The molecular formula is C52H143F3O5Si13. The zero-order valence-corrected chi connectivity index (χ0v) is 59.3. The van der Waals surface area contributed by atoms with Gasteiger partial charge in [-0.2, -0.15) is 13.2 Å². The van der Waals surface area contributed by atoms with Gasteiger partial charge in [0.25, 0.3) is 0 Å². The summed E-state index contributed by atoms with van der Waals surface area (Å²) in [5.74, 6) is 0. The van der Waals surface area contributed by atoms with Crippen molar-refractivity contribution in [2.24, 2.45) is 0 Å². The molecule has 21 heteroatoms. The quantitative estimate of drug-likeness (QED) is 0.101. The summed E-state index contributed by atoms with van der Waals surface area (Å²) < 4.78 is 70.0. The van der Waals surface area contributed by atoms with E-state index in [1.165, 1.54) is 0 Å². The van der Waals surface area contributed by atoms with Crippen molar-refractivity contribution < 1.29 is 33.7 Å². The fourth-order valence-electron chi connectivity index (χ4n) is 5.08. The molecule has 0 bridgehead atoms. The van der Waals surface area contributed by atoms with E-state index in [9.17, 15) is 13.2 Å². The summed E-state index contributed by atoms with van der Waals surface area (Å²) in [6, 6.07) is -0.0706. The Morgan fingerprint density at radius 2 is 0.534 bits per heavy atom. The fourth-order valence-corrected chi connectivity index (χ4v) is 63.2. The third kappa shape index (κ3) is 43.3. The van der Waals surface area contributed by atoms with Gasteiger partial charge < -0.3 is 20.6 Å². The van der Waals surface area contributed by atoms with Gasteiger partial charge in [-0.15, -0.1) is 56.6 Å². The monoisotopic (exact) mass is 1270 g/mol. The molecule has 5 nitrogen and oxygen atoms in total. The van der Waals surface area contributed by atoms with Crippen molar-refractivity contribution in [3.63, 3.8) is 0 Å². The van der Waals surface area contributed by atoms with Crippen LogP contribution in [-0.2, 0) is 20.6 Å². The summed E-state index contributed by atoms with van der Waals surface area (Å²) in [5.41, 5.74) is 12.1. The van der Waals surface area contributed by atoms with Gasteiger partial charge in [0, 0.05) is 6.42 Å². The number of hydrogen-bond donors (Lipinski definition) is 0. The molecule has 454 valence electrons. The van der Waals surface area contributed by atoms with Gasteiger partial charge >= 0.3 is 14.7 Å². The first-order chi connectivity index (χ1) is 27.1. The number of rotatable bonds is 22. The highest BCUT2D eigenvalue weighted by molar-refractivity contribution is 7.42. The second-order valence-corrected chi connectivity index (χ2v) is 105. The molecule has 1 unspecified atom stereocenters. The lowest BCUT2D eigenvalue weighted by atomic mass is 10.5. The molecule has 0 heterocycles. The summed E-state index contributed by atoms with van der Waals surface area (Å²) >= 11 is 0. The maximum Gasteiger partial charge on any atom is 0.389 e. The second kappa shape index (κ2) is 39.3. The van der Waals surface area contributed by atoms with E-state index in [4.69, 9.17) is 20.6 Å². The lowest BCUT2D eigenvalue weighted by molar-refractivity contribution is -0.131. The standard InChI is InChI=1S/C14H31F3O2Si4.2C10H24OSi3.C8H24OSi3.10CH4/c1-10-20(3,4)18-23(9,13-12-14(15,16)17)19-22(7,8)21(5,6)11-2;2*1-9-12(3,4)11-14(7,8)13(5,6)10-2;1-10(2,3)9-12(7,8)11(4,5)6;;;;;;;;;;/h10-11H,1-2,12-13H2,3-9H3;2*9-10H,1-2H2,3-8H3;1-8H3;10*1H4. The molecule has 73 heavy (non-hydrogen) atoms. The highest BCUT2D eigenvalue weighted by Gasteiger charge is 2.50. The van der Waals surface area contributed by atoms with Crippen molar-refractivity contribution in [3.05, 3.63) is 73.7 Å². The zero-order chi connectivity index (χ0) is 52.2. The van der Waals surface area contributed by atoms with Crippen LogP contribution in [-0.4, -0.2) is 110 Å². The van der Waals surface area contributed by atoms with Gasteiger partial charge in [0.15, 0.2) is 64.6 Å². The van der Waals surface area contributed by atoms with E-state index in [0.717, 1.165) is 0 Å². The maximum atomic E-state index is 12.7. The second-order valence-electron chi connectivity index (χ2n) is 24.4. The Kier molecular flexibility index (Phi) is 58.9. The molecule has 0 saturated heterocycles. The average Bonchev–Trinajstić information content (AvgIpc) is 3.04. The largest absolute Gasteiger partial charge is 0.458 e. The molecule has 0 aromatic rings. The zero-order valence-electron chi connectivity index (χ0n) is 46.3. The molecule has 0 aromatic carbocycles. The Morgan fingerprint density at radius 3 is 0.699 bits per heavy atom. The number of hydrogen-bond acceptors (Lipinski definition) is 5. The molecule has 0 saturated carbocycles. The van der Waals surface area contributed by atoms with Crippen molar-refractivity contribution in [3.8, 4) is 0 Å². The van der Waals surface area contributed by atoms with Gasteiger partial charge in [0.2, 0.25) is 0 Å². The predicted molar refractivity (Wildman–Crippen MR) is 383 cm³/mol. The summed E-state index contributed by atoms with van der Waals surface area (Å²) in [4.78, 5) is 0. The van der Waals surface area contributed by atoms with E-state index in [2.05, 4.69) is 208 Å². The topological polar surface area (TPSA) is 46.2 Å². The number of halogens is 3. The molecule has 0 aromatic heterocycles. The van der Waals surface area contributed by atoms with Crippen molar-refractivity contribution >= 4 is 104 Å². The highest BCUT2D eigenvalue weighted by Crippen LogP contribution is 2.34.